The topological polar surface area (TPSA) is 114 Å². The Hall–Kier alpha value is -4.54. The molecule has 0 aliphatic heterocycles. The summed E-state index contributed by atoms with van der Waals surface area (Å²) in [5, 5.41) is 20.1. The molecule has 1 aromatic carbocycles. The van der Waals surface area contributed by atoms with E-state index in [4.69, 9.17) is 0 Å². The third kappa shape index (κ3) is 6.00. The van der Waals surface area contributed by atoms with E-state index in [2.05, 4.69) is 35.8 Å². The molecule has 2 N–H and O–H groups in total. The van der Waals surface area contributed by atoms with Gasteiger partial charge in [-0.05, 0) is 62.1 Å². The molecule has 188 valence electrons. The Labute approximate surface area is 211 Å². The van der Waals surface area contributed by atoms with Crippen LogP contribution in [0.4, 0.5) is 8.78 Å². The summed E-state index contributed by atoms with van der Waals surface area (Å²) in [7, 11) is 0. The molecule has 11 heteroatoms. The lowest BCUT2D eigenvalue weighted by atomic mass is 10.1. The molecule has 5 aromatic rings. The number of rotatable bonds is 9. The minimum Gasteiger partial charge on any atom is -0.346 e. The number of unbranched alkanes of at least 4 members (excludes halogenated alkanes) is 1. The zero-order valence-electron chi connectivity index (χ0n) is 20.1. The van der Waals surface area contributed by atoms with Crippen molar-refractivity contribution in [2.75, 3.05) is 0 Å². The Morgan fingerprint density at radius 1 is 1.03 bits per heavy atom. The van der Waals surface area contributed by atoms with Crippen molar-refractivity contribution in [2.45, 2.75) is 39.3 Å². The molecule has 37 heavy (non-hydrogen) atoms. The number of aromatic nitrogens is 7. The van der Waals surface area contributed by atoms with Gasteiger partial charge >= 0.3 is 0 Å². The van der Waals surface area contributed by atoms with Gasteiger partial charge in [-0.3, -0.25) is 14.5 Å². The summed E-state index contributed by atoms with van der Waals surface area (Å²) in [6, 6.07) is 10.9. The van der Waals surface area contributed by atoms with Crippen LogP contribution in [-0.4, -0.2) is 41.1 Å². The number of benzene rings is 1. The maximum absolute atomic E-state index is 13.6. The fourth-order valence-corrected chi connectivity index (χ4v) is 3.93. The number of pyridine rings is 1. The fraction of sp³-hybridized carbons (Fsp3) is 0.231. The lowest BCUT2D eigenvalue weighted by molar-refractivity contribution is 0.0945. The van der Waals surface area contributed by atoms with Gasteiger partial charge in [-0.25, -0.2) is 8.78 Å². The van der Waals surface area contributed by atoms with E-state index in [0.717, 1.165) is 41.2 Å². The summed E-state index contributed by atoms with van der Waals surface area (Å²) in [5.41, 5.74) is 4.43. The number of fused-ring (bicyclic) bond motifs is 1. The van der Waals surface area contributed by atoms with E-state index in [1.54, 1.807) is 23.1 Å². The first-order valence-corrected chi connectivity index (χ1v) is 11.8. The molecule has 1 amide bonds. The van der Waals surface area contributed by atoms with E-state index in [0.29, 0.717) is 36.4 Å². The minimum atomic E-state index is -0.639. The maximum Gasteiger partial charge on any atom is 0.273 e. The number of halogens is 2. The zero-order chi connectivity index (χ0) is 25.8. The lowest BCUT2D eigenvalue weighted by Gasteiger charge is -2.03. The molecule has 0 aliphatic carbocycles. The van der Waals surface area contributed by atoms with Crippen LogP contribution in [0, 0.1) is 18.6 Å². The van der Waals surface area contributed by atoms with Crippen molar-refractivity contribution in [1.82, 2.24) is 40.5 Å². The number of hydrogen-bond acceptors (Lipinski definition) is 6. The quantitative estimate of drug-likeness (QED) is 0.293. The van der Waals surface area contributed by atoms with E-state index in [-0.39, 0.29) is 11.6 Å². The average molecular weight is 503 g/mol. The van der Waals surface area contributed by atoms with Gasteiger partial charge in [-0.1, -0.05) is 11.3 Å². The van der Waals surface area contributed by atoms with Crippen molar-refractivity contribution in [3.05, 3.63) is 89.1 Å². The van der Waals surface area contributed by atoms with Crippen molar-refractivity contribution < 1.29 is 13.6 Å². The molecule has 4 aromatic heterocycles. The molecule has 4 heterocycles. The molecule has 5 rings (SSSR count). The van der Waals surface area contributed by atoms with E-state index < -0.39 is 11.6 Å². The third-order valence-corrected chi connectivity index (χ3v) is 5.87. The first-order valence-electron chi connectivity index (χ1n) is 11.8. The molecule has 9 nitrogen and oxygen atoms in total. The predicted octanol–water partition coefficient (Wildman–Crippen LogP) is 4.15. The normalized spacial score (nSPS) is 11.2. The molecule has 0 fully saturated rings. The molecule has 0 saturated carbocycles. The summed E-state index contributed by atoms with van der Waals surface area (Å²) in [6.07, 6.45) is 5.69. The van der Waals surface area contributed by atoms with Crippen LogP contribution in [0.25, 0.3) is 22.3 Å². The summed E-state index contributed by atoms with van der Waals surface area (Å²) < 4.78 is 28.8. The number of nitrogens with zero attached hydrogens (tertiary/aromatic N) is 6. The largest absolute Gasteiger partial charge is 0.346 e. The Bertz CT molecular complexity index is 1520. The monoisotopic (exact) mass is 502 g/mol. The van der Waals surface area contributed by atoms with Gasteiger partial charge in [-0.2, -0.15) is 5.10 Å². The van der Waals surface area contributed by atoms with Crippen molar-refractivity contribution in [3.63, 3.8) is 0 Å². The van der Waals surface area contributed by atoms with Gasteiger partial charge in [-0.15, -0.1) is 10.2 Å². The second-order valence-corrected chi connectivity index (χ2v) is 8.80. The fourth-order valence-electron chi connectivity index (χ4n) is 3.93. The van der Waals surface area contributed by atoms with Crippen molar-refractivity contribution in [1.29, 1.82) is 0 Å². The molecular formula is C26H24F2N8O. The van der Waals surface area contributed by atoms with Gasteiger partial charge < -0.3 is 10.3 Å². The predicted molar refractivity (Wildman–Crippen MR) is 132 cm³/mol. The van der Waals surface area contributed by atoms with E-state index in [1.165, 1.54) is 12.1 Å². The first-order chi connectivity index (χ1) is 17.9. The molecular weight excluding hydrogens is 478 g/mol. The summed E-state index contributed by atoms with van der Waals surface area (Å²) in [6.45, 7) is 2.88. The zero-order valence-corrected chi connectivity index (χ0v) is 20.1. The Balaban J connectivity index is 1.11. The average Bonchev–Trinajstić information content (AvgIpc) is 3.53. The van der Waals surface area contributed by atoms with Gasteiger partial charge in [0, 0.05) is 47.7 Å². The maximum atomic E-state index is 13.6. The van der Waals surface area contributed by atoms with E-state index in [9.17, 15) is 13.6 Å². The van der Waals surface area contributed by atoms with Crippen molar-refractivity contribution in [2.24, 2.45) is 0 Å². The number of H-pyrrole nitrogens is 1. The highest BCUT2D eigenvalue weighted by molar-refractivity contribution is 5.91. The number of aromatic amines is 1. The second kappa shape index (κ2) is 10.6. The molecule has 0 radical (unpaired) electrons. The number of nitrogens with one attached hydrogen (secondary N) is 2. The lowest BCUT2D eigenvalue weighted by Crippen LogP contribution is -2.23. The third-order valence-electron chi connectivity index (χ3n) is 5.87. The van der Waals surface area contributed by atoms with Crippen LogP contribution in [0.15, 0.2) is 54.9 Å². The van der Waals surface area contributed by atoms with Gasteiger partial charge in [0.1, 0.15) is 11.6 Å². The van der Waals surface area contributed by atoms with Gasteiger partial charge in [0.2, 0.25) is 0 Å². The van der Waals surface area contributed by atoms with Crippen LogP contribution in [0.1, 0.15) is 40.3 Å². The van der Waals surface area contributed by atoms with E-state index in [1.807, 2.05) is 25.1 Å². The van der Waals surface area contributed by atoms with Crippen molar-refractivity contribution in [3.8, 4) is 11.3 Å². The summed E-state index contributed by atoms with van der Waals surface area (Å²) in [5.74, 6) is -1.57. The Morgan fingerprint density at radius 3 is 2.65 bits per heavy atom. The van der Waals surface area contributed by atoms with Gasteiger partial charge in [0.05, 0.1) is 11.9 Å². The van der Waals surface area contributed by atoms with Crippen LogP contribution in [0.3, 0.4) is 0 Å². The van der Waals surface area contributed by atoms with Crippen LogP contribution >= 0.6 is 0 Å². The van der Waals surface area contributed by atoms with Crippen molar-refractivity contribution >= 4 is 16.9 Å². The minimum absolute atomic E-state index is 0.262. The highest BCUT2D eigenvalue weighted by atomic mass is 19.1. The highest BCUT2D eigenvalue weighted by Crippen LogP contribution is 2.25. The number of hydrogen-bond donors (Lipinski definition) is 2. The Kier molecular flexibility index (Phi) is 6.93. The smallest absolute Gasteiger partial charge is 0.273 e. The van der Waals surface area contributed by atoms with Crippen LogP contribution in [0.5, 0.6) is 0 Å². The second-order valence-electron chi connectivity index (χ2n) is 8.80. The summed E-state index contributed by atoms with van der Waals surface area (Å²) in [4.78, 5) is 19.6. The molecule has 0 spiro atoms. The summed E-state index contributed by atoms with van der Waals surface area (Å²) >= 11 is 0. The highest BCUT2D eigenvalue weighted by Gasteiger charge is 2.11. The standard InChI is InChI=1S/C26H24F2N8O/c1-16-5-6-17(13-29-16)14-30-26(37)24-15-36(35-33-24)7-3-2-4-22-10-19-11-23(31-25(19)34-32-22)18-8-20(27)12-21(28)9-18/h5-6,8-13,15H,2-4,7,14H2,1H3,(H,30,37)(H,31,34). The Morgan fingerprint density at radius 2 is 1.86 bits per heavy atom. The number of aryl methyl sites for hydroxylation is 3. The molecule has 0 saturated heterocycles. The van der Waals surface area contributed by atoms with Gasteiger partial charge in [0.15, 0.2) is 11.3 Å². The van der Waals surface area contributed by atoms with Crippen LogP contribution < -0.4 is 5.32 Å². The van der Waals surface area contributed by atoms with E-state index >= 15 is 0 Å². The van der Waals surface area contributed by atoms with Crippen LogP contribution in [0.2, 0.25) is 0 Å². The molecule has 0 bridgehead atoms. The number of carbonyl (C=O) groups is 1. The SMILES string of the molecule is Cc1ccc(CNC(=O)c2cn(CCCCc3cc4cc(-c5cc(F)cc(F)c5)[nH]c4nn3)nn2)cn1. The van der Waals surface area contributed by atoms with Crippen LogP contribution in [-0.2, 0) is 19.5 Å². The number of amides is 1. The molecule has 0 aliphatic rings. The molecule has 0 atom stereocenters. The first kappa shape index (κ1) is 24.2. The molecule has 0 unspecified atom stereocenters. The van der Waals surface area contributed by atoms with Gasteiger partial charge in [0.25, 0.3) is 5.91 Å². The number of carbonyl (C=O) groups excluding carboxylic acids is 1.